The van der Waals surface area contributed by atoms with Crippen LogP contribution >= 0.6 is 0 Å². The Labute approximate surface area is 91.4 Å². The van der Waals surface area contributed by atoms with E-state index in [4.69, 9.17) is 10.2 Å². The SMILES string of the molecule is CCC(CO)(CO)NCCS(=O)(=O)CC. The highest BCUT2D eigenvalue weighted by Gasteiger charge is 2.25. The zero-order valence-corrected chi connectivity index (χ0v) is 10.2. The minimum atomic E-state index is -2.99. The van der Waals surface area contributed by atoms with Crippen LogP contribution in [0.3, 0.4) is 0 Å². The van der Waals surface area contributed by atoms with Gasteiger partial charge in [-0.1, -0.05) is 13.8 Å². The summed E-state index contributed by atoms with van der Waals surface area (Å²) in [6, 6.07) is 0. The first-order chi connectivity index (χ1) is 6.95. The van der Waals surface area contributed by atoms with E-state index in [9.17, 15) is 8.42 Å². The first-order valence-electron chi connectivity index (χ1n) is 5.12. The summed E-state index contributed by atoms with van der Waals surface area (Å²) in [5.74, 6) is 0.150. The van der Waals surface area contributed by atoms with Crippen molar-refractivity contribution in [2.24, 2.45) is 0 Å². The first kappa shape index (κ1) is 14.8. The van der Waals surface area contributed by atoms with Crippen LogP contribution in [0, 0.1) is 0 Å². The van der Waals surface area contributed by atoms with Crippen LogP contribution in [0.15, 0.2) is 0 Å². The number of aliphatic hydroxyl groups excluding tert-OH is 2. The summed E-state index contributed by atoms with van der Waals surface area (Å²) in [6.07, 6.45) is 0.548. The number of rotatable bonds is 8. The Morgan fingerprint density at radius 3 is 2.07 bits per heavy atom. The first-order valence-corrected chi connectivity index (χ1v) is 6.94. The van der Waals surface area contributed by atoms with Gasteiger partial charge >= 0.3 is 0 Å². The second-order valence-electron chi connectivity index (χ2n) is 3.61. The summed E-state index contributed by atoms with van der Waals surface area (Å²) < 4.78 is 22.4. The average Bonchev–Trinajstić information content (AvgIpc) is 2.25. The Morgan fingerprint density at radius 2 is 1.73 bits per heavy atom. The molecule has 0 spiro atoms. The minimum absolute atomic E-state index is 0.0330. The van der Waals surface area contributed by atoms with E-state index in [-0.39, 0.29) is 31.3 Å². The van der Waals surface area contributed by atoms with E-state index in [1.165, 1.54) is 0 Å². The summed E-state index contributed by atoms with van der Waals surface area (Å²) in [4.78, 5) is 0. The van der Waals surface area contributed by atoms with E-state index < -0.39 is 15.4 Å². The molecule has 0 atom stereocenters. The molecule has 0 saturated carbocycles. The normalized spacial score (nSPS) is 13.1. The summed E-state index contributed by atoms with van der Waals surface area (Å²) in [5.41, 5.74) is -0.761. The van der Waals surface area contributed by atoms with Crippen LogP contribution in [-0.2, 0) is 9.84 Å². The van der Waals surface area contributed by atoms with E-state index >= 15 is 0 Å². The van der Waals surface area contributed by atoms with Gasteiger partial charge < -0.3 is 15.5 Å². The Kier molecular flexibility index (Phi) is 6.35. The standard InChI is InChI=1S/C9H21NO4S/c1-3-9(7-11,8-12)10-5-6-15(13,14)4-2/h10-12H,3-8H2,1-2H3. The van der Waals surface area contributed by atoms with E-state index in [1.807, 2.05) is 6.92 Å². The van der Waals surface area contributed by atoms with Gasteiger partial charge in [0.15, 0.2) is 9.84 Å². The van der Waals surface area contributed by atoms with Crippen molar-refractivity contribution in [1.29, 1.82) is 0 Å². The maximum absolute atomic E-state index is 11.2. The van der Waals surface area contributed by atoms with E-state index in [0.29, 0.717) is 6.42 Å². The van der Waals surface area contributed by atoms with Gasteiger partial charge in [0.1, 0.15) is 0 Å². The molecule has 0 aliphatic carbocycles. The largest absolute Gasteiger partial charge is 0.394 e. The molecule has 3 N–H and O–H groups in total. The molecule has 0 bridgehead atoms. The molecule has 0 radical (unpaired) electrons. The maximum Gasteiger partial charge on any atom is 0.151 e. The molecule has 0 aliphatic heterocycles. The highest BCUT2D eigenvalue weighted by Crippen LogP contribution is 2.07. The fraction of sp³-hybridized carbons (Fsp3) is 1.00. The van der Waals surface area contributed by atoms with Gasteiger partial charge in [0.25, 0.3) is 0 Å². The number of hydrogen-bond acceptors (Lipinski definition) is 5. The Morgan fingerprint density at radius 1 is 1.20 bits per heavy atom. The molecular formula is C9H21NO4S. The van der Waals surface area contributed by atoms with E-state index in [1.54, 1.807) is 6.92 Å². The molecule has 92 valence electrons. The number of hydrogen-bond donors (Lipinski definition) is 3. The van der Waals surface area contributed by atoms with Gasteiger partial charge in [0, 0.05) is 12.3 Å². The summed E-state index contributed by atoms with van der Waals surface area (Å²) in [6.45, 7) is 3.28. The van der Waals surface area contributed by atoms with Crippen molar-refractivity contribution in [3.63, 3.8) is 0 Å². The lowest BCUT2D eigenvalue weighted by atomic mass is 9.99. The molecule has 5 nitrogen and oxygen atoms in total. The highest BCUT2D eigenvalue weighted by molar-refractivity contribution is 7.91. The fourth-order valence-corrected chi connectivity index (χ4v) is 1.83. The predicted molar refractivity (Wildman–Crippen MR) is 59.5 cm³/mol. The predicted octanol–water partition coefficient (Wildman–Crippen LogP) is -0.856. The van der Waals surface area contributed by atoms with Gasteiger partial charge in [-0.15, -0.1) is 0 Å². The zero-order chi connectivity index (χ0) is 11.9. The molecular weight excluding hydrogens is 218 g/mol. The molecule has 6 heteroatoms. The molecule has 0 rings (SSSR count). The van der Waals surface area contributed by atoms with Gasteiger partial charge in [-0.2, -0.15) is 0 Å². The van der Waals surface area contributed by atoms with Crippen molar-refractivity contribution in [2.75, 3.05) is 31.3 Å². The van der Waals surface area contributed by atoms with Crippen molar-refractivity contribution in [1.82, 2.24) is 5.32 Å². The number of nitrogens with one attached hydrogen (secondary N) is 1. The van der Waals surface area contributed by atoms with Gasteiger partial charge in [0.2, 0.25) is 0 Å². The molecule has 0 heterocycles. The molecule has 0 aromatic carbocycles. The van der Waals surface area contributed by atoms with Gasteiger partial charge in [-0.25, -0.2) is 8.42 Å². The lowest BCUT2D eigenvalue weighted by Gasteiger charge is -2.29. The molecule has 0 aromatic rings. The highest BCUT2D eigenvalue weighted by atomic mass is 32.2. The van der Waals surface area contributed by atoms with Crippen LogP contribution in [0.1, 0.15) is 20.3 Å². The molecule has 0 fully saturated rings. The van der Waals surface area contributed by atoms with Crippen LogP contribution in [-0.4, -0.2) is 55.4 Å². The number of aliphatic hydroxyl groups is 2. The Hall–Kier alpha value is -0.170. The van der Waals surface area contributed by atoms with Crippen molar-refractivity contribution in [3.05, 3.63) is 0 Å². The number of sulfone groups is 1. The summed E-state index contributed by atoms with van der Waals surface area (Å²) in [7, 11) is -2.99. The summed E-state index contributed by atoms with van der Waals surface area (Å²) in [5, 5.41) is 21.1. The third kappa shape index (κ3) is 4.92. The molecule has 0 amide bonds. The lowest BCUT2D eigenvalue weighted by Crippen LogP contribution is -2.52. The van der Waals surface area contributed by atoms with E-state index in [0.717, 1.165) is 0 Å². The second kappa shape index (κ2) is 6.42. The Balaban J connectivity index is 4.13. The van der Waals surface area contributed by atoms with Crippen molar-refractivity contribution >= 4 is 9.84 Å². The monoisotopic (exact) mass is 239 g/mol. The molecule has 0 aliphatic rings. The second-order valence-corrected chi connectivity index (χ2v) is 6.09. The average molecular weight is 239 g/mol. The smallest absolute Gasteiger partial charge is 0.151 e. The van der Waals surface area contributed by atoms with Crippen LogP contribution in [0.5, 0.6) is 0 Å². The van der Waals surface area contributed by atoms with Crippen LogP contribution in [0.25, 0.3) is 0 Å². The Bertz CT molecular complexity index is 251. The van der Waals surface area contributed by atoms with Gasteiger partial charge in [0.05, 0.1) is 24.5 Å². The fourth-order valence-electron chi connectivity index (χ4n) is 1.13. The van der Waals surface area contributed by atoms with Crippen LogP contribution < -0.4 is 5.32 Å². The van der Waals surface area contributed by atoms with Crippen molar-refractivity contribution < 1.29 is 18.6 Å². The third-order valence-electron chi connectivity index (χ3n) is 2.63. The van der Waals surface area contributed by atoms with Crippen LogP contribution in [0.4, 0.5) is 0 Å². The van der Waals surface area contributed by atoms with Crippen molar-refractivity contribution in [2.45, 2.75) is 25.8 Å². The molecule has 0 saturated heterocycles. The van der Waals surface area contributed by atoms with Crippen molar-refractivity contribution in [3.8, 4) is 0 Å². The molecule has 15 heavy (non-hydrogen) atoms. The third-order valence-corrected chi connectivity index (χ3v) is 4.34. The molecule has 0 unspecified atom stereocenters. The lowest BCUT2D eigenvalue weighted by molar-refractivity contribution is 0.0895. The summed E-state index contributed by atoms with van der Waals surface area (Å²) >= 11 is 0. The van der Waals surface area contributed by atoms with Gasteiger partial charge in [-0.05, 0) is 6.42 Å². The topological polar surface area (TPSA) is 86.6 Å². The quantitative estimate of drug-likeness (QED) is 0.513. The maximum atomic E-state index is 11.2. The minimum Gasteiger partial charge on any atom is -0.394 e. The zero-order valence-electron chi connectivity index (χ0n) is 9.36. The van der Waals surface area contributed by atoms with Crippen LogP contribution in [0.2, 0.25) is 0 Å². The van der Waals surface area contributed by atoms with E-state index in [2.05, 4.69) is 5.32 Å². The molecule has 0 aromatic heterocycles. The van der Waals surface area contributed by atoms with Gasteiger partial charge in [-0.3, -0.25) is 0 Å².